The van der Waals surface area contributed by atoms with Gasteiger partial charge in [0.15, 0.2) is 6.29 Å². The maximum absolute atomic E-state index is 11.6. The predicted octanol–water partition coefficient (Wildman–Crippen LogP) is 1.63. The summed E-state index contributed by atoms with van der Waals surface area (Å²) in [6.07, 6.45) is -0.510. The van der Waals surface area contributed by atoms with E-state index in [-0.39, 0.29) is 12.0 Å². The zero-order valence-electron chi connectivity index (χ0n) is 10.3. The molecule has 1 fully saturated rings. The lowest BCUT2D eigenvalue weighted by molar-refractivity contribution is -0.161. The van der Waals surface area contributed by atoms with E-state index < -0.39 is 17.9 Å². The third-order valence-corrected chi connectivity index (χ3v) is 3.33. The van der Waals surface area contributed by atoms with E-state index in [1.165, 1.54) is 0 Å². The van der Waals surface area contributed by atoms with Gasteiger partial charge in [-0.15, -0.1) is 0 Å². The van der Waals surface area contributed by atoms with Crippen molar-refractivity contribution in [3.05, 3.63) is 12.2 Å². The molecule has 1 heterocycles. The number of hydrogen-bond acceptors (Lipinski definition) is 4. The van der Waals surface area contributed by atoms with Crippen molar-refractivity contribution < 1.29 is 19.4 Å². The molecule has 4 atom stereocenters. The Morgan fingerprint density at radius 3 is 2.62 bits per heavy atom. The summed E-state index contributed by atoms with van der Waals surface area (Å²) in [5, 5.41) is 9.71. The zero-order chi connectivity index (χ0) is 12.5. The molecule has 1 aliphatic rings. The van der Waals surface area contributed by atoms with E-state index in [1.54, 1.807) is 20.8 Å². The van der Waals surface area contributed by atoms with Gasteiger partial charge in [-0.1, -0.05) is 13.5 Å². The maximum atomic E-state index is 11.6. The Morgan fingerprint density at radius 1 is 1.62 bits per heavy atom. The molecule has 1 aliphatic heterocycles. The van der Waals surface area contributed by atoms with E-state index >= 15 is 0 Å². The largest absolute Gasteiger partial charge is 0.453 e. The quantitative estimate of drug-likeness (QED) is 0.589. The third kappa shape index (κ3) is 2.13. The van der Waals surface area contributed by atoms with Gasteiger partial charge in [-0.05, 0) is 27.2 Å². The van der Waals surface area contributed by atoms with Crippen molar-refractivity contribution in [2.45, 2.75) is 52.1 Å². The number of rotatable bonds is 3. The van der Waals surface area contributed by atoms with Crippen molar-refractivity contribution in [3.63, 3.8) is 0 Å². The minimum atomic E-state index is -0.872. The van der Waals surface area contributed by atoms with Gasteiger partial charge < -0.3 is 14.6 Å². The molecule has 0 spiro atoms. The van der Waals surface area contributed by atoms with Crippen LogP contribution in [-0.2, 0) is 14.3 Å². The van der Waals surface area contributed by atoms with Gasteiger partial charge in [-0.25, -0.2) is 4.79 Å². The van der Waals surface area contributed by atoms with E-state index in [9.17, 15) is 9.90 Å². The number of ether oxygens (including phenoxy) is 2. The molecule has 0 amide bonds. The van der Waals surface area contributed by atoms with Crippen molar-refractivity contribution in [2.24, 2.45) is 5.92 Å². The Bertz CT molecular complexity index is 299. The summed E-state index contributed by atoms with van der Waals surface area (Å²) in [6, 6.07) is 0. The van der Waals surface area contributed by atoms with Crippen LogP contribution in [0.2, 0.25) is 0 Å². The van der Waals surface area contributed by atoms with Gasteiger partial charge in [-0.2, -0.15) is 0 Å². The monoisotopic (exact) mass is 228 g/mol. The number of aliphatic hydroxyl groups is 1. The topological polar surface area (TPSA) is 55.8 Å². The molecule has 0 saturated carbocycles. The number of esters is 1. The van der Waals surface area contributed by atoms with Gasteiger partial charge in [0.25, 0.3) is 0 Å². The van der Waals surface area contributed by atoms with Crippen LogP contribution in [0.25, 0.3) is 0 Å². The Labute approximate surface area is 96.2 Å². The van der Waals surface area contributed by atoms with Gasteiger partial charge in [0, 0.05) is 5.57 Å². The summed E-state index contributed by atoms with van der Waals surface area (Å²) in [4.78, 5) is 11.6. The van der Waals surface area contributed by atoms with Crippen LogP contribution in [-0.4, -0.2) is 29.1 Å². The molecule has 1 N–H and O–H groups in total. The Morgan fingerprint density at radius 2 is 2.19 bits per heavy atom. The van der Waals surface area contributed by atoms with Crippen LogP contribution in [0.5, 0.6) is 0 Å². The van der Waals surface area contributed by atoms with Crippen LogP contribution >= 0.6 is 0 Å². The molecule has 4 nitrogen and oxygen atoms in total. The van der Waals surface area contributed by atoms with Crippen LogP contribution < -0.4 is 0 Å². The molecule has 1 saturated heterocycles. The highest BCUT2D eigenvalue weighted by Crippen LogP contribution is 2.40. The first-order chi connectivity index (χ1) is 7.32. The Kier molecular flexibility index (Phi) is 3.76. The molecule has 0 aromatic heterocycles. The van der Waals surface area contributed by atoms with Gasteiger partial charge in [0.2, 0.25) is 0 Å². The van der Waals surface area contributed by atoms with Gasteiger partial charge in [-0.3, -0.25) is 0 Å². The molecule has 0 bridgehead atoms. The van der Waals surface area contributed by atoms with E-state index in [2.05, 4.69) is 6.58 Å². The van der Waals surface area contributed by atoms with Gasteiger partial charge in [0.05, 0.1) is 12.0 Å². The SMILES string of the molecule is C=C(C)C(=O)OC1(C)C(C)OC(O)C1CC. The van der Waals surface area contributed by atoms with Crippen molar-refractivity contribution in [1.29, 1.82) is 0 Å². The lowest BCUT2D eigenvalue weighted by Gasteiger charge is -2.32. The highest BCUT2D eigenvalue weighted by molar-refractivity contribution is 5.87. The van der Waals surface area contributed by atoms with Gasteiger partial charge >= 0.3 is 5.97 Å². The highest BCUT2D eigenvalue weighted by atomic mass is 16.7. The fourth-order valence-corrected chi connectivity index (χ4v) is 2.08. The van der Waals surface area contributed by atoms with Crippen LogP contribution in [0.1, 0.15) is 34.1 Å². The van der Waals surface area contributed by atoms with E-state index in [4.69, 9.17) is 9.47 Å². The fraction of sp³-hybridized carbons (Fsp3) is 0.750. The molecule has 16 heavy (non-hydrogen) atoms. The normalized spacial score (nSPS) is 38.4. The molecule has 0 aromatic rings. The molecule has 1 rings (SSSR count). The average molecular weight is 228 g/mol. The third-order valence-electron chi connectivity index (χ3n) is 3.33. The predicted molar refractivity (Wildman–Crippen MR) is 59.6 cm³/mol. The van der Waals surface area contributed by atoms with Crippen molar-refractivity contribution >= 4 is 5.97 Å². The second-order valence-electron chi connectivity index (χ2n) is 4.54. The van der Waals surface area contributed by atoms with Crippen LogP contribution in [0.3, 0.4) is 0 Å². The first-order valence-electron chi connectivity index (χ1n) is 5.55. The van der Waals surface area contributed by atoms with E-state index in [1.807, 2.05) is 6.92 Å². The number of carbonyl (C=O) groups is 1. The fourth-order valence-electron chi connectivity index (χ4n) is 2.08. The molecule has 4 unspecified atom stereocenters. The number of hydrogen-bond donors (Lipinski definition) is 1. The molecule has 4 heteroatoms. The van der Waals surface area contributed by atoms with Crippen molar-refractivity contribution in [3.8, 4) is 0 Å². The van der Waals surface area contributed by atoms with Gasteiger partial charge in [0.1, 0.15) is 5.60 Å². The number of carbonyl (C=O) groups excluding carboxylic acids is 1. The molecular formula is C12H20O4. The first-order valence-corrected chi connectivity index (χ1v) is 5.55. The zero-order valence-corrected chi connectivity index (χ0v) is 10.3. The summed E-state index contributed by atoms with van der Waals surface area (Å²) >= 11 is 0. The maximum Gasteiger partial charge on any atom is 0.333 e. The summed E-state index contributed by atoms with van der Waals surface area (Å²) < 4.78 is 10.7. The molecule has 0 aromatic carbocycles. The Hall–Kier alpha value is -0.870. The summed E-state index contributed by atoms with van der Waals surface area (Å²) in [5.74, 6) is -0.642. The smallest absolute Gasteiger partial charge is 0.333 e. The minimum Gasteiger partial charge on any atom is -0.453 e. The molecule has 92 valence electrons. The minimum absolute atomic E-state index is 0.203. The summed E-state index contributed by atoms with van der Waals surface area (Å²) in [7, 11) is 0. The van der Waals surface area contributed by atoms with Crippen LogP contribution in [0.15, 0.2) is 12.2 Å². The summed E-state index contributed by atoms with van der Waals surface area (Å²) in [5.41, 5.74) is -0.436. The standard InChI is InChI=1S/C12H20O4/c1-6-9-11(14)15-8(4)12(9,5)16-10(13)7(2)3/h8-9,11,14H,2,6H2,1,3-5H3. The summed E-state index contributed by atoms with van der Waals surface area (Å²) in [6.45, 7) is 10.7. The van der Waals surface area contributed by atoms with E-state index in [0.29, 0.717) is 12.0 Å². The van der Waals surface area contributed by atoms with Crippen LogP contribution in [0, 0.1) is 5.92 Å². The number of aliphatic hydroxyl groups excluding tert-OH is 1. The molecule has 0 radical (unpaired) electrons. The second-order valence-corrected chi connectivity index (χ2v) is 4.54. The Balaban J connectivity index is 2.88. The van der Waals surface area contributed by atoms with Crippen LogP contribution in [0.4, 0.5) is 0 Å². The average Bonchev–Trinajstić information content (AvgIpc) is 2.37. The van der Waals surface area contributed by atoms with Crippen molar-refractivity contribution in [1.82, 2.24) is 0 Å². The molecule has 0 aliphatic carbocycles. The first kappa shape index (κ1) is 13.2. The lowest BCUT2D eigenvalue weighted by atomic mass is 9.85. The highest BCUT2D eigenvalue weighted by Gasteiger charge is 2.53. The second kappa shape index (κ2) is 4.55. The van der Waals surface area contributed by atoms with E-state index in [0.717, 1.165) is 0 Å². The lowest BCUT2D eigenvalue weighted by Crippen LogP contribution is -2.44. The van der Waals surface area contributed by atoms with Crippen molar-refractivity contribution in [2.75, 3.05) is 0 Å². The molecular weight excluding hydrogens is 208 g/mol.